The van der Waals surface area contributed by atoms with Crippen molar-refractivity contribution in [2.24, 2.45) is 0 Å². The van der Waals surface area contributed by atoms with Crippen molar-refractivity contribution in [2.45, 2.75) is 36.5 Å². The van der Waals surface area contributed by atoms with Crippen LogP contribution in [0.25, 0.3) is 0 Å². The van der Waals surface area contributed by atoms with Gasteiger partial charge in [0.2, 0.25) is 0 Å². The summed E-state index contributed by atoms with van der Waals surface area (Å²) >= 11 is 7.86. The number of benzene rings is 1. The molecule has 96 valence electrons. The van der Waals surface area contributed by atoms with Crippen molar-refractivity contribution in [3.05, 3.63) is 41.2 Å². The van der Waals surface area contributed by atoms with Crippen LogP contribution in [0.3, 0.4) is 0 Å². The minimum absolute atomic E-state index is 0.433. The van der Waals surface area contributed by atoms with Gasteiger partial charge in [-0.1, -0.05) is 43.3 Å². The normalized spacial score (nSPS) is 11.1. The molecular formula is C13H16ClN3S. The van der Waals surface area contributed by atoms with Crippen LogP contribution in [0, 0.1) is 0 Å². The average Bonchev–Trinajstić information content (AvgIpc) is 2.81. The Balaban J connectivity index is 2.20. The van der Waals surface area contributed by atoms with Gasteiger partial charge in [0.05, 0.1) is 0 Å². The van der Waals surface area contributed by atoms with Gasteiger partial charge in [0.1, 0.15) is 0 Å². The first-order valence-corrected chi connectivity index (χ1v) is 7.04. The molecule has 1 aromatic heterocycles. The van der Waals surface area contributed by atoms with E-state index in [-0.39, 0.29) is 0 Å². The Morgan fingerprint density at radius 2 is 2.28 bits per heavy atom. The lowest BCUT2D eigenvalue weighted by Crippen LogP contribution is -2.22. The maximum absolute atomic E-state index is 6.27. The first kappa shape index (κ1) is 13.5. The summed E-state index contributed by atoms with van der Waals surface area (Å²) in [5.41, 5.74) is 1.12. The highest BCUT2D eigenvalue weighted by atomic mass is 35.5. The lowest BCUT2D eigenvalue weighted by molar-refractivity contribution is 0.585. The van der Waals surface area contributed by atoms with Crippen LogP contribution in [0.4, 0.5) is 0 Å². The van der Waals surface area contributed by atoms with E-state index >= 15 is 0 Å². The predicted molar refractivity (Wildman–Crippen MR) is 76.1 cm³/mol. The number of aromatic nitrogens is 2. The molecule has 2 N–H and O–H groups in total. The second-order valence-corrected chi connectivity index (χ2v) is 5.69. The first-order valence-electron chi connectivity index (χ1n) is 5.85. The summed E-state index contributed by atoms with van der Waals surface area (Å²) in [5, 5.41) is 5.06. The standard InChI is InChI=1S/C13H16ClN3S/c1-9(2)17-8-10-11(14)4-3-5-12(10)18-13-15-6-7-16-13/h3-7,9,17H,8H2,1-2H3,(H,15,16). The second kappa shape index (κ2) is 6.27. The van der Waals surface area contributed by atoms with Crippen LogP contribution in [0.15, 0.2) is 40.6 Å². The molecule has 1 aromatic carbocycles. The first-order chi connectivity index (χ1) is 8.66. The number of hydrogen-bond donors (Lipinski definition) is 2. The average molecular weight is 282 g/mol. The Kier molecular flexibility index (Phi) is 4.69. The topological polar surface area (TPSA) is 40.7 Å². The zero-order valence-corrected chi connectivity index (χ0v) is 12.0. The molecule has 1 heterocycles. The van der Waals surface area contributed by atoms with Crippen molar-refractivity contribution in [3.63, 3.8) is 0 Å². The molecular weight excluding hydrogens is 266 g/mol. The van der Waals surface area contributed by atoms with Crippen molar-refractivity contribution in [1.29, 1.82) is 0 Å². The second-order valence-electron chi connectivity index (χ2n) is 4.25. The lowest BCUT2D eigenvalue weighted by Gasteiger charge is -2.13. The van der Waals surface area contributed by atoms with Crippen LogP contribution in [-0.2, 0) is 6.54 Å². The van der Waals surface area contributed by atoms with Gasteiger partial charge in [-0.3, -0.25) is 0 Å². The van der Waals surface area contributed by atoms with E-state index in [0.717, 1.165) is 27.2 Å². The summed E-state index contributed by atoms with van der Waals surface area (Å²) in [6.45, 7) is 5.01. The Morgan fingerprint density at radius 1 is 1.44 bits per heavy atom. The maximum Gasteiger partial charge on any atom is 0.170 e. The Hall–Kier alpha value is -0.970. The molecule has 0 fully saturated rings. The fourth-order valence-electron chi connectivity index (χ4n) is 1.52. The summed E-state index contributed by atoms with van der Waals surface area (Å²) in [7, 11) is 0. The number of halogens is 1. The monoisotopic (exact) mass is 281 g/mol. The molecule has 5 heteroatoms. The highest BCUT2D eigenvalue weighted by Crippen LogP contribution is 2.31. The van der Waals surface area contributed by atoms with E-state index in [0.29, 0.717) is 6.04 Å². The molecule has 0 aliphatic carbocycles. The Bertz CT molecular complexity index is 497. The van der Waals surface area contributed by atoms with Gasteiger partial charge in [-0.15, -0.1) is 0 Å². The summed E-state index contributed by atoms with van der Waals surface area (Å²) in [5.74, 6) is 0. The summed E-state index contributed by atoms with van der Waals surface area (Å²) in [4.78, 5) is 8.44. The quantitative estimate of drug-likeness (QED) is 0.878. The van der Waals surface area contributed by atoms with Gasteiger partial charge in [-0.2, -0.15) is 0 Å². The van der Waals surface area contributed by atoms with Crippen LogP contribution in [0.1, 0.15) is 19.4 Å². The lowest BCUT2D eigenvalue weighted by atomic mass is 10.2. The molecule has 3 nitrogen and oxygen atoms in total. The van der Waals surface area contributed by atoms with Crippen LogP contribution in [-0.4, -0.2) is 16.0 Å². The zero-order chi connectivity index (χ0) is 13.0. The van der Waals surface area contributed by atoms with E-state index in [2.05, 4.69) is 35.2 Å². The number of rotatable bonds is 5. The van der Waals surface area contributed by atoms with Crippen molar-refractivity contribution < 1.29 is 0 Å². The fraction of sp³-hybridized carbons (Fsp3) is 0.308. The van der Waals surface area contributed by atoms with Crippen molar-refractivity contribution >= 4 is 23.4 Å². The van der Waals surface area contributed by atoms with Gasteiger partial charge < -0.3 is 10.3 Å². The minimum atomic E-state index is 0.433. The predicted octanol–water partition coefficient (Wildman–Crippen LogP) is 3.71. The van der Waals surface area contributed by atoms with E-state index in [9.17, 15) is 0 Å². The zero-order valence-electron chi connectivity index (χ0n) is 10.4. The third-order valence-electron chi connectivity index (χ3n) is 2.44. The van der Waals surface area contributed by atoms with Gasteiger partial charge in [-0.25, -0.2) is 4.98 Å². The molecule has 0 spiro atoms. The van der Waals surface area contributed by atoms with Gasteiger partial charge in [-0.05, 0) is 17.7 Å². The van der Waals surface area contributed by atoms with Gasteiger partial charge in [0.15, 0.2) is 5.16 Å². The molecule has 0 aliphatic heterocycles. The van der Waals surface area contributed by atoms with Crippen LogP contribution < -0.4 is 5.32 Å². The van der Waals surface area contributed by atoms with E-state index in [4.69, 9.17) is 11.6 Å². The van der Waals surface area contributed by atoms with E-state index < -0.39 is 0 Å². The Labute approximate surface area is 116 Å². The number of aromatic amines is 1. The number of imidazole rings is 1. The number of nitrogens with one attached hydrogen (secondary N) is 2. The maximum atomic E-state index is 6.27. The van der Waals surface area contributed by atoms with Crippen molar-refractivity contribution in [3.8, 4) is 0 Å². The van der Waals surface area contributed by atoms with Crippen LogP contribution >= 0.6 is 23.4 Å². The molecule has 0 radical (unpaired) electrons. The molecule has 18 heavy (non-hydrogen) atoms. The third-order valence-corrected chi connectivity index (χ3v) is 3.82. The van der Waals surface area contributed by atoms with Crippen LogP contribution in [0.5, 0.6) is 0 Å². The van der Waals surface area contributed by atoms with E-state index in [1.165, 1.54) is 0 Å². The number of nitrogens with zero attached hydrogens (tertiary/aromatic N) is 1. The van der Waals surface area contributed by atoms with Gasteiger partial charge in [0.25, 0.3) is 0 Å². The van der Waals surface area contributed by atoms with Gasteiger partial charge >= 0.3 is 0 Å². The molecule has 0 aliphatic rings. The summed E-state index contributed by atoms with van der Waals surface area (Å²) in [6.07, 6.45) is 3.57. The van der Waals surface area contributed by atoms with Crippen molar-refractivity contribution in [2.75, 3.05) is 0 Å². The molecule has 0 saturated heterocycles. The highest BCUT2D eigenvalue weighted by molar-refractivity contribution is 7.99. The van der Waals surface area contributed by atoms with Crippen LogP contribution in [0.2, 0.25) is 5.02 Å². The molecule has 2 aromatic rings. The number of hydrogen-bond acceptors (Lipinski definition) is 3. The smallest absolute Gasteiger partial charge is 0.170 e. The van der Waals surface area contributed by atoms with E-state index in [1.54, 1.807) is 18.0 Å². The van der Waals surface area contributed by atoms with Gasteiger partial charge in [0, 0.05) is 34.9 Å². The highest BCUT2D eigenvalue weighted by Gasteiger charge is 2.09. The summed E-state index contributed by atoms with van der Waals surface area (Å²) < 4.78 is 0. The largest absolute Gasteiger partial charge is 0.339 e. The SMILES string of the molecule is CC(C)NCc1c(Cl)cccc1Sc1ncc[nH]1. The molecule has 0 atom stereocenters. The molecule has 0 saturated carbocycles. The van der Waals surface area contributed by atoms with E-state index in [1.807, 2.05) is 18.3 Å². The minimum Gasteiger partial charge on any atom is -0.339 e. The molecule has 0 amide bonds. The third kappa shape index (κ3) is 3.51. The van der Waals surface area contributed by atoms with Crippen molar-refractivity contribution in [1.82, 2.24) is 15.3 Å². The molecule has 0 unspecified atom stereocenters. The Morgan fingerprint density at radius 3 is 2.94 bits per heavy atom. The fourth-order valence-corrected chi connectivity index (χ4v) is 2.72. The molecule has 2 rings (SSSR count). The summed E-state index contributed by atoms with van der Waals surface area (Å²) in [6, 6.07) is 6.39. The number of H-pyrrole nitrogens is 1. The molecule has 0 bridgehead atoms.